The predicted octanol–water partition coefficient (Wildman–Crippen LogP) is 1.91. The number of carbonyl (C=O) groups is 1. The van der Waals surface area contributed by atoms with E-state index < -0.39 is 0 Å². The van der Waals surface area contributed by atoms with Crippen LogP contribution < -0.4 is 10.6 Å². The second kappa shape index (κ2) is 10.4. The molecule has 1 aromatic carbocycles. The summed E-state index contributed by atoms with van der Waals surface area (Å²) in [6.07, 6.45) is 2.46. The molecule has 0 spiro atoms. The summed E-state index contributed by atoms with van der Waals surface area (Å²) in [7, 11) is 0. The Morgan fingerprint density at radius 1 is 1.38 bits per heavy atom. The summed E-state index contributed by atoms with van der Waals surface area (Å²) in [5.41, 5.74) is 2.45. The Kier molecular flexibility index (Phi) is 8.22. The Morgan fingerprint density at radius 2 is 2.21 bits per heavy atom. The third-order valence-corrected chi connectivity index (χ3v) is 4.38. The maximum absolute atomic E-state index is 12.1. The fourth-order valence-corrected chi connectivity index (χ4v) is 2.87. The first-order valence-corrected chi connectivity index (χ1v) is 9.12. The molecule has 1 unspecified atom stereocenters. The normalized spacial score (nSPS) is 17.9. The van der Waals surface area contributed by atoms with Crippen LogP contribution in [0, 0.1) is 0 Å². The zero-order valence-corrected chi connectivity index (χ0v) is 15.0. The van der Waals surface area contributed by atoms with Crippen molar-refractivity contribution in [1.82, 2.24) is 15.5 Å². The molecule has 2 rings (SSSR count). The molecule has 1 aliphatic heterocycles. The number of amides is 1. The Morgan fingerprint density at radius 3 is 2.92 bits per heavy atom. The van der Waals surface area contributed by atoms with E-state index in [1.165, 1.54) is 18.4 Å². The van der Waals surface area contributed by atoms with E-state index in [9.17, 15) is 4.79 Å². The quantitative estimate of drug-likeness (QED) is 0.725. The lowest BCUT2D eigenvalue weighted by atomic mass is 10.1. The van der Waals surface area contributed by atoms with Crippen molar-refractivity contribution in [3.8, 4) is 0 Å². The summed E-state index contributed by atoms with van der Waals surface area (Å²) in [5.74, 6) is 0.0123. The molecular formula is C19H31N3O2. The van der Waals surface area contributed by atoms with Crippen LogP contribution in [0.3, 0.4) is 0 Å². The highest BCUT2D eigenvalue weighted by Gasteiger charge is 2.20. The van der Waals surface area contributed by atoms with Crippen LogP contribution >= 0.6 is 0 Å². The second-order valence-corrected chi connectivity index (χ2v) is 6.34. The van der Waals surface area contributed by atoms with Crippen LogP contribution in [0.2, 0.25) is 0 Å². The van der Waals surface area contributed by atoms with Gasteiger partial charge in [-0.15, -0.1) is 0 Å². The van der Waals surface area contributed by atoms with E-state index in [1.54, 1.807) is 0 Å². The topological polar surface area (TPSA) is 53.6 Å². The van der Waals surface area contributed by atoms with Crippen molar-refractivity contribution in [3.63, 3.8) is 0 Å². The number of carbonyl (C=O) groups excluding carboxylic acids is 1. The SMILES string of the molecule is CCCCN(CC)Cc1cccc(CNC(=O)C2COCCN2)c1. The molecule has 1 aliphatic rings. The number of hydrogen-bond acceptors (Lipinski definition) is 4. The molecule has 5 heteroatoms. The van der Waals surface area contributed by atoms with Gasteiger partial charge in [-0.05, 0) is 30.6 Å². The Balaban J connectivity index is 1.84. The predicted molar refractivity (Wildman–Crippen MR) is 96.8 cm³/mol. The number of rotatable bonds is 9. The molecule has 1 heterocycles. The number of hydrogen-bond donors (Lipinski definition) is 2. The van der Waals surface area contributed by atoms with Crippen LogP contribution in [0.1, 0.15) is 37.8 Å². The maximum Gasteiger partial charge on any atom is 0.239 e. The molecule has 0 saturated carbocycles. The third-order valence-electron chi connectivity index (χ3n) is 4.38. The molecule has 0 aliphatic carbocycles. The first-order chi connectivity index (χ1) is 11.7. The maximum atomic E-state index is 12.1. The van der Waals surface area contributed by atoms with E-state index in [-0.39, 0.29) is 11.9 Å². The van der Waals surface area contributed by atoms with Gasteiger partial charge in [-0.3, -0.25) is 9.69 Å². The highest BCUT2D eigenvalue weighted by Crippen LogP contribution is 2.09. The summed E-state index contributed by atoms with van der Waals surface area (Å²) in [6.45, 7) is 10.0. The van der Waals surface area contributed by atoms with Crippen LogP contribution in [-0.2, 0) is 22.6 Å². The lowest BCUT2D eigenvalue weighted by Crippen LogP contribution is -2.51. The minimum Gasteiger partial charge on any atom is -0.378 e. The molecule has 1 fully saturated rings. The van der Waals surface area contributed by atoms with Gasteiger partial charge < -0.3 is 15.4 Å². The fraction of sp³-hybridized carbons (Fsp3) is 0.632. The number of nitrogens with zero attached hydrogens (tertiary/aromatic N) is 1. The molecule has 1 saturated heterocycles. The van der Waals surface area contributed by atoms with Gasteiger partial charge in [-0.1, -0.05) is 44.5 Å². The summed E-state index contributed by atoms with van der Waals surface area (Å²) in [5, 5.41) is 6.18. The highest BCUT2D eigenvalue weighted by molar-refractivity contribution is 5.81. The molecule has 1 atom stereocenters. The highest BCUT2D eigenvalue weighted by atomic mass is 16.5. The van der Waals surface area contributed by atoms with Crippen molar-refractivity contribution in [2.75, 3.05) is 32.8 Å². The van der Waals surface area contributed by atoms with Gasteiger partial charge in [-0.2, -0.15) is 0 Å². The van der Waals surface area contributed by atoms with Gasteiger partial charge in [0.15, 0.2) is 0 Å². The van der Waals surface area contributed by atoms with Crippen LogP contribution in [0.5, 0.6) is 0 Å². The van der Waals surface area contributed by atoms with Crippen molar-refractivity contribution in [2.24, 2.45) is 0 Å². The largest absolute Gasteiger partial charge is 0.378 e. The average molecular weight is 333 g/mol. The third kappa shape index (κ3) is 6.23. The summed E-state index contributed by atoms with van der Waals surface area (Å²) < 4.78 is 5.33. The van der Waals surface area contributed by atoms with E-state index in [2.05, 4.69) is 53.6 Å². The van der Waals surface area contributed by atoms with Gasteiger partial charge in [0.05, 0.1) is 13.2 Å². The van der Waals surface area contributed by atoms with Gasteiger partial charge in [0.25, 0.3) is 0 Å². The van der Waals surface area contributed by atoms with E-state index in [0.29, 0.717) is 19.8 Å². The van der Waals surface area contributed by atoms with Crippen molar-refractivity contribution < 1.29 is 9.53 Å². The average Bonchev–Trinajstić information content (AvgIpc) is 2.64. The Hall–Kier alpha value is -1.43. The molecule has 24 heavy (non-hydrogen) atoms. The molecule has 2 N–H and O–H groups in total. The van der Waals surface area contributed by atoms with E-state index >= 15 is 0 Å². The van der Waals surface area contributed by atoms with Crippen molar-refractivity contribution >= 4 is 5.91 Å². The van der Waals surface area contributed by atoms with Crippen LogP contribution in [-0.4, -0.2) is 49.7 Å². The number of ether oxygens (including phenoxy) is 1. The zero-order valence-electron chi connectivity index (χ0n) is 15.0. The first-order valence-electron chi connectivity index (χ1n) is 9.12. The van der Waals surface area contributed by atoms with E-state index in [1.807, 2.05) is 0 Å². The molecule has 1 amide bonds. The minimum absolute atomic E-state index is 0.0123. The van der Waals surface area contributed by atoms with Crippen LogP contribution in [0.15, 0.2) is 24.3 Å². The second-order valence-electron chi connectivity index (χ2n) is 6.34. The standard InChI is InChI=1S/C19H31N3O2/c1-3-5-10-22(4-2)14-17-8-6-7-16(12-17)13-21-19(23)18-15-24-11-9-20-18/h6-8,12,18,20H,3-5,9-11,13-15H2,1-2H3,(H,21,23). The van der Waals surface area contributed by atoms with Crippen molar-refractivity contribution in [2.45, 2.75) is 45.8 Å². The lowest BCUT2D eigenvalue weighted by Gasteiger charge is -2.23. The van der Waals surface area contributed by atoms with Gasteiger partial charge in [0, 0.05) is 19.6 Å². The number of morpholine rings is 1. The van der Waals surface area contributed by atoms with Crippen molar-refractivity contribution in [3.05, 3.63) is 35.4 Å². The smallest absolute Gasteiger partial charge is 0.239 e. The van der Waals surface area contributed by atoms with Crippen LogP contribution in [0.4, 0.5) is 0 Å². The number of benzene rings is 1. The van der Waals surface area contributed by atoms with Gasteiger partial charge in [0.1, 0.15) is 6.04 Å². The van der Waals surface area contributed by atoms with E-state index in [0.717, 1.165) is 31.7 Å². The zero-order chi connectivity index (χ0) is 17.2. The Bertz CT molecular complexity index is 501. The summed E-state index contributed by atoms with van der Waals surface area (Å²) in [6, 6.07) is 8.27. The summed E-state index contributed by atoms with van der Waals surface area (Å²) >= 11 is 0. The van der Waals surface area contributed by atoms with Crippen LogP contribution in [0.25, 0.3) is 0 Å². The molecule has 1 aromatic rings. The van der Waals surface area contributed by atoms with E-state index in [4.69, 9.17) is 4.74 Å². The number of nitrogens with one attached hydrogen (secondary N) is 2. The van der Waals surface area contributed by atoms with Crippen molar-refractivity contribution in [1.29, 1.82) is 0 Å². The molecule has 0 bridgehead atoms. The van der Waals surface area contributed by atoms with Gasteiger partial charge in [0.2, 0.25) is 5.91 Å². The molecule has 134 valence electrons. The molecule has 0 radical (unpaired) electrons. The molecular weight excluding hydrogens is 302 g/mol. The fourth-order valence-electron chi connectivity index (χ4n) is 2.87. The molecule has 5 nitrogen and oxygen atoms in total. The Labute approximate surface area is 145 Å². The molecule has 0 aromatic heterocycles. The number of unbranched alkanes of at least 4 members (excludes halogenated alkanes) is 1. The lowest BCUT2D eigenvalue weighted by molar-refractivity contribution is -0.126. The first kappa shape index (κ1) is 18.9. The minimum atomic E-state index is -0.230. The van der Waals surface area contributed by atoms with Gasteiger partial charge >= 0.3 is 0 Å². The summed E-state index contributed by atoms with van der Waals surface area (Å²) in [4.78, 5) is 14.6. The monoisotopic (exact) mass is 333 g/mol. The van der Waals surface area contributed by atoms with Gasteiger partial charge in [-0.25, -0.2) is 0 Å².